The van der Waals surface area contributed by atoms with Crippen molar-refractivity contribution in [2.45, 2.75) is 20.5 Å². The fourth-order valence-electron chi connectivity index (χ4n) is 2.46. The molecule has 0 atom stereocenters. The first kappa shape index (κ1) is 17.1. The Kier molecular flexibility index (Phi) is 5.40. The molecule has 128 valence electrons. The third-order valence-electron chi connectivity index (χ3n) is 3.83. The predicted octanol–water partition coefficient (Wildman–Crippen LogP) is 4.09. The monoisotopic (exact) mass is 353 g/mol. The largest absolute Gasteiger partial charge is 0.487 e. The van der Waals surface area contributed by atoms with E-state index in [1.54, 1.807) is 17.0 Å². The number of hydrogen-bond donors (Lipinski definition) is 0. The molecule has 0 aliphatic carbocycles. The number of rotatable bonds is 6. The van der Waals surface area contributed by atoms with Gasteiger partial charge in [-0.25, -0.2) is 0 Å². The minimum absolute atomic E-state index is 0.0503. The van der Waals surface area contributed by atoms with Gasteiger partial charge in [0.2, 0.25) is 0 Å². The second-order valence-electron chi connectivity index (χ2n) is 5.50. The van der Waals surface area contributed by atoms with Crippen molar-refractivity contribution in [3.05, 3.63) is 71.5 Å². The molecule has 0 aliphatic rings. The number of benzene rings is 2. The van der Waals surface area contributed by atoms with Crippen LogP contribution in [-0.2, 0) is 6.61 Å². The van der Waals surface area contributed by atoms with Gasteiger partial charge in [0.15, 0.2) is 0 Å². The predicted molar refractivity (Wildman–Crippen MR) is 99.2 cm³/mol. The van der Waals surface area contributed by atoms with Gasteiger partial charge in [0.25, 0.3) is 5.91 Å². The van der Waals surface area contributed by atoms with Crippen LogP contribution in [0.5, 0.6) is 5.75 Å². The molecule has 0 fully saturated rings. The first-order valence-electron chi connectivity index (χ1n) is 8.07. The van der Waals surface area contributed by atoms with Gasteiger partial charge in [-0.3, -0.25) is 4.79 Å². The van der Waals surface area contributed by atoms with E-state index in [4.69, 9.17) is 4.74 Å². The van der Waals surface area contributed by atoms with E-state index in [1.807, 2.05) is 56.3 Å². The van der Waals surface area contributed by atoms with E-state index in [0.29, 0.717) is 24.5 Å². The molecule has 1 amide bonds. The molecule has 6 heteroatoms. The van der Waals surface area contributed by atoms with Gasteiger partial charge in [-0.1, -0.05) is 24.3 Å². The van der Waals surface area contributed by atoms with Crippen molar-refractivity contribution >= 4 is 23.3 Å². The third-order valence-corrected chi connectivity index (χ3v) is 4.49. The molecular formula is C19H19N3O2S. The number of ether oxygens (including phenoxy) is 1. The summed E-state index contributed by atoms with van der Waals surface area (Å²) in [6, 6.07) is 16.9. The van der Waals surface area contributed by atoms with Gasteiger partial charge in [-0.15, -0.1) is 0 Å². The molecule has 2 aromatic carbocycles. The Bertz CT molecular complexity index is 849. The Labute approximate surface area is 151 Å². The highest BCUT2D eigenvalue weighted by molar-refractivity contribution is 6.99. The maximum Gasteiger partial charge on any atom is 0.258 e. The smallest absolute Gasteiger partial charge is 0.258 e. The summed E-state index contributed by atoms with van der Waals surface area (Å²) in [5.74, 6) is 0.591. The summed E-state index contributed by atoms with van der Waals surface area (Å²) in [6.07, 6.45) is 0. The topological polar surface area (TPSA) is 55.3 Å². The Hall–Kier alpha value is -2.73. The number of carbonyl (C=O) groups excluding carboxylic acids is 1. The zero-order valence-electron chi connectivity index (χ0n) is 14.2. The fraction of sp³-hybridized carbons (Fsp3) is 0.211. The molecule has 0 spiro atoms. The van der Waals surface area contributed by atoms with Crippen LogP contribution in [-0.4, -0.2) is 21.2 Å². The van der Waals surface area contributed by atoms with Crippen LogP contribution in [0.15, 0.2) is 54.6 Å². The Morgan fingerprint density at radius 3 is 2.60 bits per heavy atom. The molecule has 0 saturated heterocycles. The lowest BCUT2D eigenvalue weighted by Gasteiger charge is -2.21. The molecule has 25 heavy (non-hydrogen) atoms. The van der Waals surface area contributed by atoms with Crippen molar-refractivity contribution in [2.75, 3.05) is 11.4 Å². The van der Waals surface area contributed by atoms with Crippen LogP contribution in [0.3, 0.4) is 0 Å². The van der Waals surface area contributed by atoms with Gasteiger partial charge in [0, 0.05) is 17.8 Å². The van der Waals surface area contributed by atoms with Crippen LogP contribution in [0.4, 0.5) is 5.69 Å². The van der Waals surface area contributed by atoms with Gasteiger partial charge in [-0.2, -0.15) is 8.75 Å². The SMILES string of the molecule is CCN(C(=O)c1cccc(OCc2nsnc2C)c1)c1ccccc1. The van der Waals surface area contributed by atoms with Crippen molar-refractivity contribution in [2.24, 2.45) is 0 Å². The number of nitrogens with zero attached hydrogens (tertiary/aromatic N) is 3. The molecule has 0 saturated carbocycles. The van der Waals surface area contributed by atoms with E-state index in [-0.39, 0.29) is 5.91 Å². The molecule has 1 aromatic heterocycles. The van der Waals surface area contributed by atoms with Gasteiger partial charge in [0.1, 0.15) is 18.1 Å². The van der Waals surface area contributed by atoms with Gasteiger partial charge >= 0.3 is 0 Å². The normalized spacial score (nSPS) is 10.5. The second kappa shape index (κ2) is 7.90. The first-order chi connectivity index (χ1) is 12.2. The van der Waals surface area contributed by atoms with E-state index >= 15 is 0 Å². The summed E-state index contributed by atoms with van der Waals surface area (Å²) in [4.78, 5) is 14.6. The molecular weight excluding hydrogens is 334 g/mol. The van der Waals surface area contributed by atoms with Crippen LogP contribution in [0, 0.1) is 6.92 Å². The summed E-state index contributed by atoms with van der Waals surface area (Å²) < 4.78 is 14.1. The number of carbonyl (C=O) groups is 1. The van der Waals surface area contributed by atoms with Crippen LogP contribution in [0.2, 0.25) is 0 Å². The Morgan fingerprint density at radius 1 is 1.12 bits per heavy atom. The Balaban J connectivity index is 1.76. The first-order valence-corrected chi connectivity index (χ1v) is 8.80. The zero-order valence-corrected chi connectivity index (χ0v) is 15.0. The third kappa shape index (κ3) is 4.03. The molecule has 3 rings (SSSR count). The minimum atomic E-state index is -0.0503. The number of anilines is 1. The number of aromatic nitrogens is 2. The van der Waals surface area contributed by atoms with Crippen molar-refractivity contribution in [1.82, 2.24) is 8.75 Å². The maximum absolute atomic E-state index is 12.9. The molecule has 0 bridgehead atoms. The molecule has 0 aliphatic heterocycles. The molecule has 1 heterocycles. The summed E-state index contributed by atoms with van der Waals surface area (Å²) in [5.41, 5.74) is 3.17. The lowest BCUT2D eigenvalue weighted by molar-refractivity contribution is 0.0988. The van der Waals surface area contributed by atoms with E-state index in [9.17, 15) is 4.79 Å². The molecule has 5 nitrogen and oxygen atoms in total. The van der Waals surface area contributed by atoms with Gasteiger partial charge in [-0.05, 0) is 44.2 Å². The van der Waals surface area contributed by atoms with Crippen LogP contribution < -0.4 is 9.64 Å². The summed E-state index contributed by atoms with van der Waals surface area (Å²) in [7, 11) is 0. The number of aryl methyl sites for hydroxylation is 1. The molecule has 0 unspecified atom stereocenters. The highest BCUT2D eigenvalue weighted by atomic mass is 32.1. The quantitative estimate of drug-likeness (QED) is 0.670. The zero-order chi connectivity index (χ0) is 17.6. The van der Waals surface area contributed by atoms with Crippen LogP contribution >= 0.6 is 11.7 Å². The number of para-hydroxylation sites is 1. The average molecular weight is 353 g/mol. The highest BCUT2D eigenvalue weighted by Gasteiger charge is 2.16. The van der Waals surface area contributed by atoms with E-state index in [1.165, 1.54) is 11.7 Å². The summed E-state index contributed by atoms with van der Waals surface area (Å²) >= 11 is 1.17. The van der Waals surface area contributed by atoms with E-state index in [2.05, 4.69) is 8.75 Å². The Morgan fingerprint density at radius 2 is 1.92 bits per heavy atom. The lowest BCUT2D eigenvalue weighted by Crippen LogP contribution is -2.30. The minimum Gasteiger partial charge on any atom is -0.487 e. The summed E-state index contributed by atoms with van der Waals surface area (Å²) in [5, 5.41) is 0. The molecule has 0 radical (unpaired) electrons. The van der Waals surface area contributed by atoms with E-state index in [0.717, 1.165) is 17.1 Å². The summed E-state index contributed by atoms with van der Waals surface area (Å²) in [6.45, 7) is 4.80. The number of amides is 1. The van der Waals surface area contributed by atoms with Crippen molar-refractivity contribution < 1.29 is 9.53 Å². The second-order valence-corrected chi connectivity index (χ2v) is 6.03. The van der Waals surface area contributed by atoms with Crippen LogP contribution in [0.25, 0.3) is 0 Å². The van der Waals surface area contributed by atoms with Crippen molar-refractivity contribution in [1.29, 1.82) is 0 Å². The van der Waals surface area contributed by atoms with Crippen molar-refractivity contribution in [3.63, 3.8) is 0 Å². The van der Waals surface area contributed by atoms with Crippen molar-refractivity contribution in [3.8, 4) is 5.75 Å². The number of hydrogen-bond acceptors (Lipinski definition) is 5. The standard InChI is InChI=1S/C19H19N3O2S/c1-3-22(16-9-5-4-6-10-16)19(23)15-8-7-11-17(12-15)24-13-18-14(2)20-25-21-18/h4-12H,3,13H2,1-2H3. The van der Waals surface area contributed by atoms with E-state index < -0.39 is 0 Å². The molecule has 3 aromatic rings. The average Bonchev–Trinajstić information content (AvgIpc) is 3.06. The fourth-order valence-corrected chi connectivity index (χ4v) is 3.01. The highest BCUT2D eigenvalue weighted by Crippen LogP contribution is 2.20. The maximum atomic E-state index is 12.9. The van der Waals surface area contributed by atoms with Crippen LogP contribution in [0.1, 0.15) is 28.7 Å². The van der Waals surface area contributed by atoms with Gasteiger partial charge < -0.3 is 9.64 Å². The lowest BCUT2D eigenvalue weighted by atomic mass is 10.1. The van der Waals surface area contributed by atoms with Gasteiger partial charge in [0.05, 0.1) is 17.4 Å². The molecule has 0 N–H and O–H groups in total.